The van der Waals surface area contributed by atoms with Gasteiger partial charge in [0.1, 0.15) is 11.6 Å². The number of para-hydroxylation sites is 2. The molecule has 1 aliphatic rings. The van der Waals surface area contributed by atoms with Crippen molar-refractivity contribution in [3.8, 4) is 0 Å². The molecule has 0 unspecified atom stereocenters. The Morgan fingerprint density at radius 1 is 1.05 bits per heavy atom. The second-order valence-electron chi connectivity index (χ2n) is 5.16. The van der Waals surface area contributed by atoms with Gasteiger partial charge >= 0.3 is 0 Å². The Morgan fingerprint density at radius 2 is 1.80 bits per heavy atom. The average Bonchev–Trinajstić information content (AvgIpc) is 2.42. The van der Waals surface area contributed by atoms with Crippen molar-refractivity contribution < 1.29 is 8.78 Å². The highest BCUT2D eigenvalue weighted by Gasteiger charge is 2.26. The zero-order valence-electron chi connectivity index (χ0n) is 11.2. The molecule has 0 fully saturated rings. The van der Waals surface area contributed by atoms with Gasteiger partial charge in [-0.15, -0.1) is 0 Å². The Hall–Kier alpha value is -2.10. The normalized spacial score (nSPS) is 20.9. The SMILES string of the molecule is C[C@@H]1C[C@H](Nc2ccccc2F)c2cccc(F)c2N1. The van der Waals surface area contributed by atoms with Crippen LogP contribution >= 0.6 is 0 Å². The van der Waals surface area contributed by atoms with Crippen molar-refractivity contribution in [2.75, 3.05) is 10.6 Å². The highest BCUT2D eigenvalue weighted by atomic mass is 19.1. The molecule has 2 nitrogen and oxygen atoms in total. The van der Waals surface area contributed by atoms with E-state index in [1.165, 1.54) is 12.1 Å². The molecule has 0 saturated carbocycles. The Balaban J connectivity index is 1.96. The first-order chi connectivity index (χ1) is 9.65. The zero-order valence-corrected chi connectivity index (χ0v) is 11.2. The lowest BCUT2D eigenvalue weighted by Gasteiger charge is -2.32. The maximum absolute atomic E-state index is 13.9. The van der Waals surface area contributed by atoms with Gasteiger partial charge in [0.15, 0.2) is 0 Å². The van der Waals surface area contributed by atoms with Crippen molar-refractivity contribution in [3.05, 3.63) is 59.7 Å². The summed E-state index contributed by atoms with van der Waals surface area (Å²) >= 11 is 0. The second-order valence-corrected chi connectivity index (χ2v) is 5.16. The maximum Gasteiger partial charge on any atom is 0.146 e. The first kappa shape index (κ1) is 12.9. The number of anilines is 2. The molecule has 0 aromatic heterocycles. The molecule has 1 heterocycles. The minimum Gasteiger partial charge on any atom is -0.380 e. The number of rotatable bonds is 2. The quantitative estimate of drug-likeness (QED) is 0.852. The lowest BCUT2D eigenvalue weighted by molar-refractivity contribution is 0.564. The van der Waals surface area contributed by atoms with E-state index in [1.54, 1.807) is 24.3 Å². The van der Waals surface area contributed by atoms with Crippen LogP contribution in [0, 0.1) is 11.6 Å². The van der Waals surface area contributed by atoms with Gasteiger partial charge in [-0.2, -0.15) is 0 Å². The topological polar surface area (TPSA) is 24.1 Å². The smallest absolute Gasteiger partial charge is 0.146 e. The predicted molar refractivity (Wildman–Crippen MR) is 76.9 cm³/mol. The molecule has 0 aliphatic carbocycles. The summed E-state index contributed by atoms with van der Waals surface area (Å²) in [6.45, 7) is 1.99. The van der Waals surface area contributed by atoms with E-state index in [9.17, 15) is 8.78 Å². The van der Waals surface area contributed by atoms with Gasteiger partial charge in [-0.05, 0) is 31.5 Å². The minimum atomic E-state index is -0.295. The molecule has 104 valence electrons. The van der Waals surface area contributed by atoms with Gasteiger partial charge in [-0.3, -0.25) is 0 Å². The number of hydrogen-bond donors (Lipinski definition) is 2. The number of nitrogens with one attached hydrogen (secondary N) is 2. The van der Waals surface area contributed by atoms with Gasteiger partial charge in [0.25, 0.3) is 0 Å². The molecule has 0 saturated heterocycles. The minimum absolute atomic E-state index is 0.103. The Labute approximate surface area is 116 Å². The molecule has 20 heavy (non-hydrogen) atoms. The van der Waals surface area contributed by atoms with Crippen LogP contribution in [0.4, 0.5) is 20.2 Å². The molecule has 3 rings (SSSR count). The number of hydrogen-bond acceptors (Lipinski definition) is 2. The maximum atomic E-state index is 13.9. The van der Waals surface area contributed by atoms with Crippen LogP contribution in [0.25, 0.3) is 0 Å². The first-order valence-corrected chi connectivity index (χ1v) is 6.71. The molecule has 2 N–H and O–H groups in total. The lowest BCUT2D eigenvalue weighted by atomic mass is 9.93. The van der Waals surface area contributed by atoms with Crippen molar-refractivity contribution in [2.45, 2.75) is 25.4 Å². The van der Waals surface area contributed by atoms with Crippen molar-refractivity contribution in [1.82, 2.24) is 0 Å². The van der Waals surface area contributed by atoms with Gasteiger partial charge < -0.3 is 10.6 Å². The van der Waals surface area contributed by atoms with Gasteiger partial charge in [0.2, 0.25) is 0 Å². The van der Waals surface area contributed by atoms with E-state index >= 15 is 0 Å². The van der Waals surface area contributed by atoms with Crippen molar-refractivity contribution in [1.29, 1.82) is 0 Å². The fourth-order valence-corrected chi connectivity index (χ4v) is 2.67. The van der Waals surface area contributed by atoms with E-state index in [2.05, 4.69) is 10.6 Å². The Bertz CT molecular complexity index is 628. The summed E-state index contributed by atoms with van der Waals surface area (Å²) < 4.78 is 27.6. The molecule has 1 aliphatic heterocycles. The van der Waals surface area contributed by atoms with Crippen LogP contribution in [0.3, 0.4) is 0 Å². The number of fused-ring (bicyclic) bond motifs is 1. The highest BCUT2D eigenvalue weighted by Crippen LogP contribution is 2.36. The van der Waals surface area contributed by atoms with E-state index in [0.29, 0.717) is 11.4 Å². The van der Waals surface area contributed by atoms with Crippen LogP contribution in [0.15, 0.2) is 42.5 Å². The molecule has 2 aromatic rings. The predicted octanol–water partition coefficient (Wildman–Crippen LogP) is 4.32. The fourth-order valence-electron chi connectivity index (χ4n) is 2.67. The monoisotopic (exact) mass is 274 g/mol. The number of halogens is 2. The number of benzene rings is 2. The third-order valence-corrected chi connectivity index (χ3v) is 3.60. The molecular weight excluding hydrogens is 258 g/mol. The Kier molecular flexibility index (Phi) is 3.30. The van der Waals surface area contributed by atoms with Gasteiger partial charge in [-0.1, -0.05) is 24.3 Å². The van der Waals surface area contributed by atoms with E-state index in [4.69, 9.17) is 0 Å². The van der Waals surface area contributed by atoms with Gasteiger partial charge in [0, 0.05) is 11.6 Å². The van der Waals surface area contributed by atoms with E-state index in [0.717, 1.165) is 12.0 Å². The van der Waals surface area contributed by atoms with Crippen molar-refractivity contribution >= 4 is 11.4 Å². The first-order valence-electron chi connectivity index (χ1n) is 6.71. The molecule has 0 amide bonds. The van der Waals surface area contributed by atoms with E-state index in [1.807, 2.05) is 13.0 Å². The van der Waals surface area contributed by atoms with Crippen LogP contribution in [-0.2, 0) is 0 Å². The summed E-state index contributed by atoms with van der Waals surface area (Å²) in [7, 11) is 0. The molecule has 0 spiro atoms. The standard InChI is InChI=1S/C16H16F2N2/c1-10-9-15(20-14-8-3-2-6-12(14)17)11-5-4-7-13(18)16(11)19-10/h2-8,10,15,19-20H,9H2,1H3/t10-,15+/m1/s1. The summed E-state index contributed by atoms with van der Waals surface area (Å²) in [5.74, 6) is -0.564. The molecule has 4 heteroatoms. The summed E-state index contributed by atoms with van der Waals surface area (Å²) in [5, 5.41) is 6.33. The summed E-state index contributed by atoms with van der Waals surface area (Å²) in [6.07, 6.45) is 0.769. The van der Waals surface area contributed by atoms with E-state index in [-0.39, 0.29) is 23.7 Å². The third kappa shape index (κ3) is 2.33. The van der Waals surface area contributed by atoms with E-state index < -0.39 is 0 Å². The molecule has 0 bridgehead atoms. The molecule has 2 atom stereocenters. The van der Waals surface area contributed by atoms with Crippen LogP contribution in [-0.4, -0.2) is 6.04 Å². The Morgan fingerprint density at radius 3 is 2.60 bits per heavy atom. The molecular formula is C16H16F2N2. The largest absolute Gasteiger partial charge is 0.380 e. The van der Waals surface area contributed by atoms with Crippen LogP contribution in [0.5, 0.6) is 0 Å². The van der Waals surface area contributed by atoms with Crippen molar-refractivity contribution in [2.24, 2.45) is 0 Å². The fraction of sp³-hybridized carbons (Fsp3) is 0.250. The second kappa shape index (κ2) is 5.12. The summed E-state index contributed by atoms with van der Waals surface area (Å²) in [6, 6.07) is 11.6. The zero-order chi connectivity index (χ0) is 14.1. The van der Waals surface area contributed by atoms with Crippen LogP contribution in [0.2, 0.25) is 0 Å². The van der Waals surface area contributed by atoms with Crippen molar-refractivity contribution in [3.63, 3.8) is 0 Å². The lowest BCUT2D eigenvalue weighted by Crippen LogP contribution is -2.29. The third-order valence-electron chi connectivity index (χ3n) is 3.60. The van der Waals surface area contributed by atoms with Crippen LogP contribution in [0.1, 0.15) is 24.9 Å². The average molecular weight is 274 g/mol. The molecule has 0 radical (unpaired) electrons. The summed E-state index contributed by atoms with van der Waals surface area (Å²) in [5.41, 5.74) is 1.80. The molecule has 2 aromatic carbocycles. The summed E-state index contributed by atoms with van der Waals surface area (Å²) in [4.78, 5) is 0. The van der Waals surface area contributed by atoms with Gasteiger partial charge in [0.05, 0.1) is 17.4 Å². The van der Waals surface area contributed by atoms with Crippen LogP contribution < -0.4 is 10.6 Å². The van der Waals surface area contributed by atoms with Gasteiger partial charge in [-0.25, -0.2) is 8.78 Å². The highest BCUT2D eigenvalue weighted by molar-refractivity contribution is 5.59.